The Kier molecular flexibility index (Phi) is 5.61. The number of carbonyl (C=O) groups excluding carboxylic acids is 1. The molecule has 0 aliphatic carbocycles. The number of Topliss-reactive ketones (excluding diaryl/α,β-unsaturated/α-hetero) is 1. The lowest BCUT2D eigenvalue weighted by atomic mass is 9.92. The summed E-state index contributed by atoms with van der Waals surface area (Å²) < 4.78 is 6.11. The van der Waals surface area contributed by atoms with Gasteiger partial charge in [-0.2, -0.15) is 0 Å². The predicted octanol–water partition coefficient (Wildman–Crippen LogP) is 4.30. The van der Waals surface area contributed by atoms with Gasteiger partial charge in [-0.25, -0.2) is 0 Å². The molecule has 2 aromatic carbocycles. The van der Waals surface area contributed by atoms with Crippen molar-refractivity contribution in [1.82, 2.24) is 10.2 Å². The quantitative estimate of drug-likeness (QED) is 0.784. The van der Waals surface area contributed by atoms with Gasteiger partial charge < -0.3 is 15.0 Å². The first-order chi connectivity index (χ1) is 12.9. The SMILES string of the molecule is CC(=O)C1=C(C)N(C)C(=S)NC1c1ccccc1OCc1ccc(C)cc1. The lowest BCUT2D eigenvalue weighted by Crippen LogP contribution is -2.45. The lowest BCUT2D eigenvalue weighted by Gasteiger charge is -2.36. The summed E-state index contributed by atoms with van der Waals surface area (Å²) in [6.07, 6.45) is 0. The van der Waals surface area contributed by atoms with Gasteiger partial charge >= 0.3 is 0 Å². The van der Waals surface area contributed by atoms with E-state index < -0.39 is 0 Å². The fraction of sp³-hybridized carbons (Fsp3) is 0.273. The molecule has 140 valence electrons. The Hall–Kier alpha value is -2.66. The second kappa shape index (κ2) is 7.92. The Morgan fingerprint density at radius 2 is 1.81 bits per heavy atom. The Balaban J connectivity index is 1.93. The first-order valence-electron chi connectivity index (χ1n) is 8.91. The van der Waals surface area contributed by atoms with Gasteiger partial charge in [0.15, 0.2) is 10.9 Å². The molecule has 27 heavy (non-hydrogen) atoms. The summed E-state index contributed by atoms with van der Waals surface area (Å²) in [5.41, 5.74) is 4.79. The average Bonchev–Trinajstić information content (AvgIpc) is 2.65. The maximum Gasteiger partial charge on any atom is 0.173 e. The molecule has 5 heteroatoms. The molecular weight excluding hydrogens is 356 g/mol. The third-order valence-electron chi connectivity index (χ3n) is 4.88. The Bertz CT molecular complexity index is 903. The van der Waals surface area contributed by atoms with Gasteiger partial charge in [-0.3, -0.25) is 4.79 Å². The molecule has 2 aromatic rings. The van der Waals surface area contributed by atoms with Gasteiger partial charge in [-0.15, -0.1) is 0 Å². The Morgan fingerprint density at radius 3 is 2.48 bits per heavy atom. The van der Waals surface area contributed by atoms with Crippen molar-refractivity contribution in [3.63, 3.8) is 0 Å². The number of para-hydroxylation sites is 1. The molecule has 1 atom stereocenters. The summed E-state index contributed by atoms with van der Waals surface area (Å²) >= 11 is 5.45. The van der Waals surface area contributed by atoms with E-state index in [2.05, 4.69) is 36.5 Å². The van der Waals surface area contributed by atoms with Crippen LogP contribution in [0.15, 0.2) is 59.8 Å². The molecule has 0 amide bonds. The van der Waals surface area contributed by atoms with Crippen molar-refractivity contribution in [2.45, 2.75) is 33.4 Å². The number of ether oxygens (including phenoxy) is 1. The van der Waals surface area contributed by atoms with Gasteiger partial charge in [-0.1, -0.05) is 48.0 Å². The zero-order chi connectivity index (χ0) is 19.6. The van der Waals surface area contributed by atoms with Gasteiger partial charge in [0, 0.05) is 23.9 Å². The number of hydrogen-bond acceptors (Lipinski definition) is 3. The lowest BCUT2D eigenvalue weighted by molar-refractivity contribution is -0.114. The normalized spacial score (nSPS) is 17.0. The van der Waals surface area contributed by atoms with Crippen molar-refractivity contribution in [2.24, 2.45) is 0 Å². The van der Waals surface area contributed by atoms with Crippen LogP contribution in [0.4, 0.5) is 0 Å². The minimum atomic E-state index is -0.319. The van der Waals surface area contributed by atoms with E-state index in [4.69, 9.17) is 17.0 Å². The van der Waals surface area contributed by atoms with Crippen LogP contribution < -0.4 is 10.1 Å². The zero-order valence-electron chi connectivity index (χ0n) is 16.1. The van der Waals surface area contributed by atoms with Crippen LogP contribution in [0.25, 0.3) is 0 Å². The number of allylic oxidation sites excluding steroid dienone is 1. The van der Waals surface area contributed by atoms with Gasteiger partial charge in [0.25, 0.3) is 0 Å². The van der Waals surface area contributed by atoms with Crippen LogP contribution in [0.3, 0.4) is 0 Å². The number of carbonyl (C=O) groups is 1. The first-order valence-corrected chi connectivity index (χ1v) is 9.32. The second-order valence-corrected chi connectivity index (χ2v) is 7.20. The van der Waals surface area contributed by atoms with Crippen LogP contribution >= 0.6 is 12.2 Å². The fourth-order valence-corrected chi connectivity index (χ4v) is 3.48. The average molecular weight is 381 g/mol. The third-order valence-corrected chi connectivity index (χ3v) is 5.27. The van der Waals surface area contributed by atoms with Crippen LogP contribution in [-0.4, -0.2) is 22.8 Å². The van der Waals surface area contributed by atoms with E-state index in [0.717, 1.165) is 22.6 Å². The molecular formula is C22H24N2O2S. The Morgan fingerprint density at radius 1 is 1.15 bits per heavy atom. The van der Waals surface area contributed by atoms with E-state index in [1.807, 2.05) is 43.1 Å². The predicted molar refractivity (Wildman–Crippen MR) is 112 cm³/mol. The number of nitrogens with one attached hydrogen (secondary N) is 1. The van der Waals surface area contributed by atoms with E-state index in [1.54, 1.807) is 6.92 Å². The summed E-state index contributed by atoms with van der Waals surface area (Å²) in [6, 6.07) is 15.7. The molecule has 1 aliphatic rings. The van der Waals surface area contributed by atoms with Crippen molar-refractivity contribution in [3.8, 4) is 5.75 Å². The molecule has 0 spiro atoms. The molecule has 0 aromatic heterocycles. The maximum absolute atomic E-state index is 12.4. The van der Waals surface area contributed by atoms with E-state index in [-0.39, 0.29) is 11.8 Å². The number of aryl methyl sites for hydroxylation is 1. The number of nitrogens with zero attached hydrogens (tertiary/aromatic N) is 1. The van der Waals surface area contributed by atoms with Crippen molar-refractivity contribution in [3.05, 3.63) is 76.5 Å². The van der Waals surface area contributed by atoms with E-state index in [1.165, 1.54) is 5.56 Å². The molecule has 1 aliphatic heterocycles. The molecule has 1 heterocycles. The highest BCUT2D eigenvalue weighted by molar-refractivity contribution is 7.80. The van der Waals surface area contributed by atoms with Crippen molar-refractivity contribution >= 4 is 23.1 Å². The summed E-state index contributed by atoms with van der Waals surface area (Å²) in [7, 11) is 1.86. The minimum Gasteiger partial charge on any atom is -0.489 e. The van der Waals surface area contributed by atoms with Crippen LogP contribution in [0.5, 0.6) is 5.75 Å². The van der Waals surface area contributed by atoms with Crippen molar-refractivity contribution < 1.29 is 9.53 Å². The van der Waals surface area contributed by atoms with Gasteiger partial charge in [0.1, 0.15) is 12.4 Å². The van der Waals surface area contributed by atoms with E-state index >= 15 is 0 Å². The number of hydrogen-bond donors (Lipinski definition) is 1. The molecule has 0 saturated carbocycles. The second-order valence-electron chi connectivity index (χ2n) is 6.81. The standard InChI is InChI=1S/C22H24N2O2S/c1-14-9-11-17(12-10-14)13-26-19-8-6-5-7-18(19)21-20(16(3)25)15(2)24(4)22(27)23-21/h5-12,21H,13H2,1-4H3,(H,23,27). The fourth-order valence-electron chi connectivity index (χ4n) is 3.22. The molecule has 4 nitrogen and oxygen atoms in total. The summed E-state index contributed by atoms with van der Waals surface area (Å²) in [5, 5.41) is 3.88. The van der Waals surface area contributed by atoms with Crippen LogP contribution in [0.2, 0.25) is 0 Å². The first kappa shape index (κ1) is 19.1. The Labute approximate surface area is 165 Å². The number of rotatable bonds is 5. The number of benzene rings is 2. The zero-order valence-corrected chi connectivity index (χ0v) is 16.9. The molecule has 0 bridgehead atoms. The van der Waals surface area contributed by atoms with Crippen molar-refractivity contribution in [1.29, 1.82) is 0 Å². The topological polar surface area (TPSA) is 41.6 Å². The molecule has 3 rings (SSSR count). The summed E-state index contributed by atoms with van der Waals surface area (Å²) in [6.45, 7) is 6.04. The summed E-state index contributed by atoms with van der Waals surface area (Å²) in [4.78, 5) is 14.2. The molecule has 1 unspecified atom stereocenters. The van der Waals surface area contributed by atoms with Crippen molar-refractivity contribution in [2.75, 3.05) is 7.05 Å². The van der Waals surface area contributed by atoms with Crippen LogP contribution in [0, 0.1) is 6.92 Å². The molecule has 1 N–H and O–H groups in total. The minimum absolute atomic E-state index is 0.0210. The monoisotopic (exact) mass is 380 g/mol. The van der Waals surface area contributed by atoms with Gasteiger partial charge in [0.05, 0.1) is 6.04 Å². The molecule has 0 radical (unpaired) electrons. The molecule has 0 saturated heterocycles. The van der Waals surface area contributed by atoms with Gasteiger partial charge in [0.2, 0.25) is 0 Å². The van der Waals surface area contributed by atoms with E-state index in [9.17, 15) is 4.79 Å². The third kappa shape index (κ3) is 4.03. The van der Waals surface area contributed by atoms with Gasteiger partial charge in [-0.05, 0) is 44.6 Å². The number of ketones is 1. The highest BCUT2D eigenvalue weighted by Crippen LogP contribution is 2.35. The summed E-state index contributed by atoms with van der Waals surface area (Å²) in [5.74, 6) is 0.766. The van der Waals surface area contributed by atoms with E-state index in [0.29, 0.717) is 17.3 Å². The smallest absolute Gasteiger partial charge is 0.173 e. The highest BCUT2D eigenvalue weighted by atomic mass is 32.1. The van der Waals surface area contributed by atoms with Crippen LogP contribution in [-0.2, 0) is 11.4 Å². The number of thiocarbonyl (C=S) groups is 1. The highest BCUT2D eigenvalue weighted by Gasteiger charge is 2.32. The maximum atomic E-state index is 12.4. The van der Waals surface area contributed by atoms with Crippen LogP contribution in [0.1, 0.15) is 36.6 Å². The largest absolute Gasteiger partial charge is 0.489 e. The molecule has 0 fully saturated rings.